The molecule has 4 atom stereocenters. The predicted octanol–water partition coefficient (Wildman–Crippen LogP) is -0.0667. The van der Waals surface area contributed by atoms with Gasteiger partial charge in [-0.05, 0) is 25.8 Å². The Morgan fingerprint density at radius 3 is 2.70 bits per heavy atom. The minimum atomic E-state index is -0.882. The number of amides is 2. The molecule has 0 aliphatic carbocycles. The summed E-state index contributed by atoms with van der Waals surface area (Å²) in [5.41, 5.74) is 2.40. The van der Waals surface area contributed by atoms with Crippen molar-refractivity contribution in [3.63, 3.8) is 0 Å². The summed E-state index contributed by atoms with van der Waals surface area (Å²) in [5, 5.41) is 15.7. The van der Waals surface area contributed by atoms with Crippen molar-refractivity contribution in [3.8, 4) is 0 Å². The number of nitrogens with one attached hydrogen (secondary N) is 2. The van der Waals surface area contributed by atoms with Gasteiger partial charge in [0.05, 0.1) is 6.10 Å². The second-order valence-electron chi connectivity index (χ2n) is 6.53. The second-order valence-corrected chi connectivity index (χ2v) is 6.53. The van der Waals surface area contributed by atoms with Crippen LogP contribution in [0.1, 0.15) is 24.5 Å². The number of benzene rings is 1. The summed E-state index contributed by atoms with van der Waals surface area (Å²) >= 11 is 0. The number of carbonyl (C=O) groups excluding carboxylic acids is 2. The molecule has 0 bridgehead atoms. The standard InChI is InChI=1S/C17H23N3O3/c1-10-3-5-12(6-4-10)8-18-13-7-14-16(22)19-15(11(2)21)17(23)20(14)9-13/h3-6,11,13-15,18,21H,7-9H2,1-2H3,(H,19,22)/t11-,13+,14+,15+/m1/s1. The fraction of sp³-hybridized carbons (Fsp3) is 0.529. The van der Waals surface area contributed by atoms with Crippen LogP contribution in [0.2, 0.25) is 0 Å². The lowest BCUT2D eigenvalue weighted by molar-refractivity contribution is -0.149. The van der Waals surface area contributed by atoms with Crippen molar-refractivity contribution >= 4 is 11.8 Å². The number of aliphatic hydroxyl groups excluding tert-OH is 1. The van der Waals surface area contributed by atoms with Crippen molar-refractivity contribution in [2.24, 2.45) is 0 Å². The number of aliphatic hydroxyl groups is 1. The third-order valence-corrected chi connectivity index (χ3v) is 4.65. The van der Waals surface area contributed by atoms with Gasteiger partial charge in [-0.1, -0.05) is 29.8 Å². The summed E-state index contributed by atoms with van der Waals surface area (Å²) in [6, 6.07) is 7.13. The van der Waals surface area contributed by atoms with E-state index in [4.69, 9.17) is 0 Å². The smallest absolute Gasteiger partial charge is 0.248 e. The predicted molar refractivity (Wildman–Crippen MR) is 85.5 cm³/mol. The number of fused-ring (bicyclic) bond motifs is 1. The summed E-state index contributed by atoms with van der Waals surface area (Å²) in [4.78, 5) is 26.1. The van der Waals surface area contributed by atoms with E-state index in [1.54, 1.807) is 4.90 Å². The molecule has 6 nitrogen and oxygen atoms in total. The molecule has 2 aliphatic heterocycles. The summed E-state index contributed by atoms with van der Waals surface area (Å²) in [6.07, 6.45) is -0.275. The Balaban J connectivity index is 1.62. The monoisotopic (exact) mass is 317 g/mol. The molecule has 2 heterocycles. The highest BCUT2D eigenvalue weighted by Crippen LogP contribution is 2.23. The fourth-order valence-electron chi connectivity index (χ4n) is 3.26. The second kappa shape index (κ2) is 6.29. The molecular formula is C17H23N3O3. The molecule has 0 aromatic heterocycles. The zero-order chi connectivity index (χ0) is 16.6. The summed E-state index contributed by atoms with van der Waals surface area (Å²) in [5.74, 6) is -0.362. The number of carbonyl (C=O) groups is 2. The fourth-order valence-corrected chi connectivity index (χ4v) is 3.26. The number of nitrogens with zero attached hydrogens (tertiary/aromatic N) is 1. The lowest BCUT2D eigenvalue weighted by Crippen LogP contribution is -2.64. The van der Waals surface area contributed by atoms with E-state index in [-0.39, 0.29) is 17.9 Å². The van der Waals surface area contributed by atoms with Crippen LogP contribution in [0.5, 0.6) is 0 Å². The van der Waals surface area contributed by atoms with Gasteiger partial charge in [0.15, 0.2) is 0 Å². The van der Waals surface area contributed by atoms with Crippen molar-refractivity contribution in [3.05, 3.63) is 35.4 Å². The van der Waals surface area contributed by atoms with E-state index in [0.29, 0.717) is 19.5 Å². The first kappa shape index (κ1) is 16.0. The SMILES string of the molecule is Cc1ccc(CN[C@H]2C[C@H]3C(=O)N[C@@H]([C@@H](C)O)C(=O)N3C2)cc1. The van der Waals surface area contributed by atoms with Gasteiger partial charge in [-0.2, -0.15) is 0 Å². The quantitative estimate of drug-likeness (QED) is 0.726. The van der Waals surface area contributed by atoms with Crippen LogP contribution in [0, 0.1) is 6.92 Å². The van der Waals surface area contributed by atoms with Crippen LogP contribution in [0.4, 0.5) is 0 Å². The molecule has 3 N–H and O–H groups in total. The molecule has 1 aromatic carbocycles. The first-order valence-corrected chi connectivity index (χ1v) is 8.03. The van der Waals surface area contributed by atoms with E-state index in [2.05, 4.69) is 41.8 Å². The molecule has 124 valence electrons. The van der Waals surface area contributed by atoms with Crippen molar-refractivity contribution < 1.29 is 14.7 Å². The minimum Gasteiger partial charge on any atom is -0.391 e. The molecule has 1 aromatic rings. The van der Waals surface area contributed by atoms with E-state index in [0.717, 1.165) is 0 Å². The minimum absolute atomic E-state index is 0.0868. The van der Waals surface area contributed by atoms with Crippen molar-refractivity contribution in [2.45, 2.75) is 51.0 Å². The van der Waals surface area contributed by atoms with Crippen molar-refractivity contribution in [1.82, 2.24) is 15.5 Å². The number of rotatable bonds is 4. The number of hydrogen-bond acceptors (Lipinski definition) is 4. The number of piperazine rings is 1. The molecule has 2 saturated heterocycles. The Hall–Kier alpha value is -1.92. The largest absolute Gasteiger partial charge is 0.391 e. The molecule has 0 unspecified atom stereocenters. The highest BCUT2D eigenvalue weighted by molar-refractivity contribution is 5.97. The molecule has 0 radical (unpaired) electrons. The van der Waals surface area contributed by atoms with E-state index >= 15 is 0 Å². The maximum absolute atomic E-state index is 12.4. The van der Waals surface area contributed by atoms with Gasteiger partial charge in [0.25, 0.3) is 0 Å². The number of aryl methyl sites for hydroxylation is 1. The zero-order valence-electron chi connectivity index (χ0n) is 13.5. The van der Waals surface area contributed by atoms with Gasteiger partial charge < -0.3 is 20.6 Å². The topological polar surface area (TPSA) is 81.7 Å². The van der Waals surface area contributed by atoms with Crippen LogP contribution in [-0.2, 0) is 16.1 Å². The third kappa shape index (κ3) is 3.23. The van der Waals surface area contributed by atoms with Crippen LogP contribution in [0.15, 0.2) is 24.3 Å². The number of hydrogen-bond donors (Lipinski definition) is 3. The Kier molecular flexibility index (Phi) is 4.37. The van der Waals surface area contributed by atoms with Crippen molar-refractivity contribution in [2.75, 3.05) is 6.54 Å². The summed E-state index contributed by atoms with van der Waals surface area (Å²) < 4.78 is 0. The van der Waals surface area contributed by atoms with E-state index in [1.807, 2.05) is 0 Å². The van der Waals surface area contributed by atoms with Gasteiger partial charge in [0, 0.05) is 19.1 Å². The Morgan fingerprint density at radius 2 is 2.04 bits per heavy atom. The van der Waals surface area contributed by atoms with E-state index in [1.165, 1.54) is 18.1 Å². The Labute approximate surface area is 135 Å². The van der Waals surface area contributed by atoms with Crippen LogP contribution in [-0.4, -0.2) is 52.6 Å². The first-order chi connectivity index (χ1) is 11.0. The average molecular weight is 317 g/mol. The van der Waals surface area contributed by atoms with Gasteiger partial charge in [-0.25, -0.2) is 0 Å². The van der Waals surface area contributed by atoms with E-state index < -0.39 is 18.2 Å². The lowest BCUT2D eigenvalue weighted by atomic mass is 10.0. The van der Waals surface area contributed by atoms with Gasteiger partial charge in [0.2, 0.25) is 11.8 Å². The van der Waals surface area contributed by atoms with Crippen LogP contribution >= 0.6 is 0 Å². The van der Waals surface area contributed by atoms with Crippen LogP contribution < -0.4 is 10.6 Å². The zero-order valence-corrected chi connectivity index (χ0v) is 13.5. The van der Waals surface area contributed by atoms with Gasteiger partial charge in [-0.3, -0.25) is 9.59 Å². The first-order valence-electron chi connectivity index (χ1n) is 8.03. The molecule has 23 heavy (non-hydrogen) atoms. The van der Waals surface area contributed by atoms with Crippen LogP contribution in [0.3, 0.4) is 0 Å². The van der Waals surface area contributed by atoms with Crippen molar-refractivity contribution in [1.29, 1.82) is 0 Å². The average Bonchev–Trinajstić information content (AvgIpc) is 2.95. The van der Waals surface area contributed by atoms with Gasteiger partial charge >= 0.3 is 0 Å². The Morgan fingerprint density at radius 1 is 1.35 bits per heavy atom. The van der Waals surface area contributed by atoms with E-state index in [9.17, 15) is 14.7 Å². The molecule has 0 spiro atoms. The Bertz CT molecular complexity index is 600. The highest BCUT2D eigenvalue weighted by atomic mass is 16.3. The maximum Gasteiger partial charge on any atom is 0.248 e. The molecule has 3 rings (SSSR count). The summed E-state index contributed by atoms with van der Waals surface area (Å²) in [6.45, 7) is 4.79. The molecule has 2 fully saturated rings. The maximum atomic E-state index is 12.4. The third-order valence-electron chi connectivity index (χ3n) is 4.65. The summed E-state index contributed by atoms with van der Waals surface area (Å²) in [7, 11) is 0. The normalized spacial score (nSPS) is 28.5. The lowest BCUT2D eigenvalue weighted by Gasteiger charge is -2.35. The van der Waals surface area contributed by atoms with Gasteiger partial charge in [0.1, 0.15) is 12.1 Å². The molecule has 6 heteroatoms. The molecule has 2 amide bonds. The highest BCUT2D eigenvalue weighted by Gasteiger charge is 2.47. The van der Waals surface area contributed by atoms with Gasteiger partial charge in [-0.15, -0.1) is 0 Å². The molecular weight excluding hydrogens is 294 g/mol. The molecule has 2 aliphatic rings. The molecule has 0 saturated carbocycles. The van der Waals surface area contributed by atoms with Crippen LogP contribution in [0.25, 0.3) is 0 Å².